The Morgan fingerprint density at radius 3 is 2.83 bits per heavy atom. The lowest BCUT2D eigenvalue weighted by Gasteiger charge is -2.10. The number of nitrogens with one attached hydrogen (secondary N) is 2. The third-order valence-corrected chi connectivity index (χ3v) is 4.07. The number of halogens is 2. The average Bonchev–Trinajstić information content (AvgIpc) is 2.95. The SMILES string of the molecule is CC(N)CNC(=O)c1ccc(-c2c[nH]c3cc(F)ccc23)cc1Cl. The molecule has 4 nitrogen and oxygen atoms in total. The van der Waals surface area contributed by atoms with Gasteiger partial charge in [0, 0.05) is 35.2 Å². The number of carbonyl (C=O) groups excluding carboxylic acids is 1. The lowest BCUT2D eigenvalue weighted by molar-refractivity contribution is 0.0952. The van der Waals surface area contributed by atoms with Gasteiger partial charge >= 0.3 is 0 Å². The first-order valence-electron chi connectivity index (χ1n) is 7.56. The van der Waals surface area contributed by atoms with Gasteiger partial charge in [-0.05, 0) is 42.8 Å². The maximum absolute atomic E-state index is 13.3. The van der Waals surface area contributed by atoms with Crippen LogP contribution in [0.2, 0.25) is 5.02 Å². The largest absolute Gasteiger partial charge is 0.360 e. The van der Waals surface area contributed by atoms with Crippen LogP contribution < -0.4 is 11.1 Å². The first kappa shape index (κ1) is 16.5. The summed E-state index contributed by atoms with van der Waals surface area (Å²) >= 11 is 6.27. The zero-order chi connectivity index (χ0) is 17.3. The molecule has 0 radical (unpaired) electrons. The second-order valence-electron chi connectivity index (χ2n) is 5.77. The molecular weight excluding hydrogens is 329 g/mol. The summed E-state index contributed by atoms with van der Waals surface area (Å²) in [5.74, 6) is -0.556. The summed E-state index contributed by atoms with van der Waals surface area (Å²) in [5.41, 5.74) is 8.48. The van der Waals surface area contributed by atoms with E-state index < -0.39 is 0 Å². The number of hydrogen-bond acceptors (Lipinski definition) is 2. The molecule has 0 aliphatic rings. The summed E-state index contributed by atoms with van der Waals surface area (Å²) in [7, 11) is 0. The summed E-state index contributed by atoms with van der Waals surface area (Å²) in [5, 5.41) is 3.98. The molecule has 0 fully saturated rings. The number of nitrogens with two attached hydrogens (primary N) is 1. The van der Waals surface area contributed by atoms with Gasteiger partial charge in [0.25, 0.3) is 5.91 Å². The van der Waals surface area contributed by atoms with Crippen LogP contribution in [0, 0.1) is 5.82 Å². The molecule has 0 spiro atoms. The number of aromatic nitrogens is 1. The number of aromatic amines is 1. The highest BCUT2D eigenvalue weighted by Crippen LogP contribution is 2.31. The van der Waals surface area contributed by atoms with Crippen LogP contribution in [0.3, 0.4) is 0 Å². The normalized spacial score (nSPS) is 12.3. The summed E-state index contributed by atoms with van der Waals surface area (Å²) in [6, 6.07) is 9.67. The topological polar surface area (TPSA) is 70.9 Å². The van der Waals surface area contributed by atoms with Gasteiger partial charge in [-0.25, -0.2) is 4.39 Å². The molecule has 1 atom stereocenters. The summed E-state index contributed by atoms with van der Waals surface area (Å²) in [4.78, 5) is 15.2. The number of benzene rings is 2. The van der Waals surface area contributed by atoms with E-state index in [1.54, 1.807) is 24.4 Å². The van der Waals surface area contributed by atoms with Crippen LogP contribution >= 0.6 is 11.6 Å². The van der Waals surface area contributed by atoms with E-state index in [2.05, 4.69) is 10.3 Å². The van der Waals surface area contributed by atoms with E-state index >= 15 is 0 Å². The van der Waals surface area contributed by atoms with Gasteiger partial charge in [-0.1, -0.05) is 17.7 Å². The Kier molecular flexibility index (Phi) is 4.55. The molecule has 0 aliphatic heterocycles. The molecule has 0 saturated heterocycles. The minimum atomic E-state index is -0.296. The van der Waals surface area contributed by atoms with Gasteiger partial charge in [-0.3, -0.25) is 4.79 Å². The maximum atomic E-state index is 13.3. The fourth-order valence-electron chi connectivity index (χ4n) is 2.55. The average molecular weight is 346 g/mol. The second-order valence-corrected chi connectivity index (χ2v) is 6.18. The predicted molar refractivity (Wildman–Crippen MR) is 94.7 cm³/mol. The molecule has 1 heterocycles. The van der Waals surface area contributed by atoms with Crippen molar-refractivity contribution in [3.8, 4) is 11.1 Å². The highest BCUT2D eigenvalue weighted by molar-refractivity contribution is 6.34. The van der Waals surface area contributed by atoms with Crippen LogP contribution in [0.5, 0.6) is 0 Å². The minimum absolute atomic E-state index is 0.126. The molecule has 1 unspecified atom stereocenters. The number of H-pyrrole nitrogens is 1. The number of hydrogen-bond donors (Lipinski definition) is 3. The van der Waals surface area contributed by atoms with Gasteiger partial charge in [0.2, 0.25) is 0 Å². The Hall–Kier alpha value is -2.37. The van der Waals surface area contributed by atoms with E-state index in [9.17, 15) is 9.18 Å². The first-order chi connectivity index (χ1) is 11.5. The second kappa shape index (κ2) is 6.63. The number of fused-ring (bicyclic) bond motifs is 1. The molecule has 6 heteroatoms. The molecular formula is C18H17ClFN3O. The molecule has 2 aromatic carbocycles. The molecule has 3 aromatic rings. The number of rotatable bonds is 4. The highest BCUT2D eigenvalue weighted by Gasteiger charge is 2.13. The van der Waals surface area contributed by atoms with Crippen molar-refractivity contribution in [2.24, 2.45) is 5.73 Å². The lowest BCUT2D eigenvalue weighted by atomic mass is 10.0. The van der Waals surface area contributed by atoms with E-state index in [1.807, 2.05) is 13.0 Å². The quantitative estimate of drug-likeness (QED) is 0.674. The van der Waals surface area contributed by atoms with Crippen LogP contribution in [-0.2, 0) is 0 Å². The molecule has 124 valence electrons. The molecule has 24 heavy (non-hydrogen) atoms. The van der Waals surface area contributed by atoms with Crippen molar-refractivity contribution in [3.05, 3.63) is 59.0 Å². The van der Waals surface area contributed by atoms with E-state index in [1.165, 1.54) is 12.1 Å². The van der Waals surface area contributed by atoms with Crippen molar-refractivity contribution in [1.82, 2.24) is 10.3 Å². The Labute approximate surface area is 143 Å². The van der Waals surface area contributed by atoms with Crippen molar-refractivity contribution in [3.63, 3.8) is 0 Å². The lowest BCUT2D eigenvalue weighted by Crippen LogP contribution is -2.35. The Balaban J connectivity index is 1.92. The summed E-state index contributed by atoms with van der Waals surface area (Å²) in [6.07, 6.45) is 1.80. The van der Waals surface area contributed by atoms with Gasteiger partial charge in [0.15, 0.2) is 0 Å². The molecule has 0 bridgehead atoms. The number of carbonyl (C=O) groups is 1. The monoisotopic (exact) mass is 345 g/mol. The predicted octanol–water partition coefficient (Wildman–Crippen LogP) is 3.70. The molecule has 1 amide bonds. The van der Waals surface area contributed by atoms with Crippen molar-refractivity contribution >= 4 is 28.4 Å². The van der Waals surface area contributed by atoms with Gasteiger partial charge in [0.1, 0.15) is 5.82 Å². The van der Waals surface area contributed by atoms with Crippen molar-refractivity contribution in [2.45, 2.75) is 13.0 Å². The van der Waals surface area contributed by atoms with Gasteiger partial charge in [-0.15, -0.1) is 0 Å². The van der Waals surface area contributed by atoms with Crippen LogP contribution in [-0.4, -0.2) is 23.5 Å². The highest BCUT2D eigenvalue weighted by atomic mass is 35.5. The van der Waals surface area contributed by atoms with Gasteiger partial charge < -0.3 is 16.0 Å². The van der Waals surface area contributed by atoms with Crippen molar-refractivity contribution in [2.75, 3.05) is 6.54 Å². The molecule has 0 aliphatic carbocycles. The third kappa shape index (κ3) is 3.27. The zero-order valence-electron chi connectivity index (χ0n) is 13.1. The Morgan fingerprint density at radius 1 is 1.33 bits per heavy atom. The van der Waals surface area contributed by atoms with Crippen LogP contribution in [0.4, 0.5) is 4.39 Å². The first-order valence-corrected chi connectivity index (χ1v) is 7.94. The van der Waals surface area contributed by atoms with Crippen LogP contribution in [0.25, 0.3) is 22.0 Å². The van der Waals surface area contributed by atoms with E-state index in [0.717, 1.165) is 16.5 Å². The Bertz CT molecular complexity index is 904. The van der Waals surface area contributed by atoms with E-state index in [-0.39, 0.29) is 17.8 Å². The minimum Gasteiger partial charge on any atom is -0.360 e. The fourth-order valence-corrected chi connectivity index (χ4v) is 2.82. The van der Waals surface area contributed by atoms with Crippen molar-refractivity contribution < 1.29 is 9.18 Å². The molecule has 3 rings (SSSR count). The smallest absolute Gasteiger partial charge is 0.252 e. The molecule has 4 N–H and O–H groups in total. The summed E-state index contributed by atoms with van der Waals surface area (Å²) < 4.78 is 13.3. The maximum Gasteiger partial charge on any atom is 0.252 e. The van der Waals surface area contributed by atoms with E-state index in [0.29, 0.717) is 22.6 Å². The van der Waals surface area contributed by atoms with Crippen LogP contribution in [0.1, 0.15) is 17.3 Å². The Morgan fingerprint density at radius 2 is 2.12 bits per heavy atom. The molecule has 0 saturated carbocycles. The third-order valence-electron chi connectivity index (χ3n) is 3.75. The fraction of sp³-hybridized carbons (Fsp3) is 0.167. The zero-order valence-corrected chi connectivity index (χ0v) is 13.8. The standard InChI is InChI=1S/C18H17ClFN3O/c1-10(21)8-23-18(24)14-4-2-11(6-16(14)19)15-9-22-17-7-12(20)3-5-13(15)17/h2-7,9-10,22H,8,21H2,1H3,(H,23,24). The van der Waals surface area contributed by atoms with Gasteiger partial charge in [-0.2, -0.15) is 0 Å². The number of amides is 1. The molecule has 1 aromatic heterocycles. The van der Waals surface area contributed by atoms with E-state index in [4.69, 9.17) is 17.3 Å². The van der Waals surface area contributed by atoms with Crippen molar-refractivity contribution in [1.29, 1.82) is 0 Å². The van der Waals surface area contributed by atoms with Gasteiger partial charge in [0.05, 0.1) is 10.6 Å². The summed E-state index contributed by atoms with van der Waals surface area (Å²) in [6.45, 7) is 2.19. The van der Waals surface area contributed by atoms with Crippen LogP contribution in [0.15, 0.2) is 42.6 Å².